The van der Waals surface area contributed by atoms with Crippen molar-refractivity contribution in [3.63, 3.8) is 0 Å². The van der Waals surface area contributed by atoms with Gasteiger partial charge in [-0.3, -0.25) is 19.3 Å². The van der Waals surface area contributed by atoms with Crippen LogP contribution in [0.1, 0.15) is 46.4 Å². The van der Waals surface area contributed by atoms with Crippen molar-refractivity contribution in [2.24, 2.45) is 0 Å². The highest BCUT2D eigenvalue weighted by molar-refractivity contribution is 6.21. The van der Waals surface area contributed by atoms with Crippen molar-refractivity contribution in [1.29, 1.82) is 0 Å². The molecule has 4 rings (SSSR count). The summed E-state index contributed by atoms with van der Waals surface area (Å²) in [5.74, 6) is -0.0159. The van der Waals surface area contributed by atoms with Crippen molar-refractivity contribution in [2.75, 3.05) is 19.6 Å². The summed E-state index contributed by atoms with van der Waals surface area (Å²) in [5, 5.41) is 7.71. The van der Waals surface area contributed by atoms with Crippen molar-refractivity contribution in [3.05, 3.63) is 53.7 Å². The van der Waals surface area contributed by atoms with Gasteiger partial charge in [-0.1, -0.05) is 12.1 Å². The number of aromatic nitrogens is 2. The molecule has 1 fully saturated rings. The average molecular weight is 394 g/mol. The molecule has 1 aromatic carbocycles. The minimum absolute atomic E-state index is 0.0223. The van der Waals surface area contributed by atoms with Gasteiger partial charge in [0.15, 0.2) is 0 Å². The van der Waals surface area contributed by atoms with Crippen molar-refractivity contribution >= 4 is 17.7 Å². The van der Waals surface area contributed by atoms with Gasteiger partial charge in [-0.15, -0.1) is 5.10 Å². The molecule has 0 bridgehead atoms. The molecular weight excluding hydrogens is 372 g/mol. The summed E-state index contributed by atoms with van der Waals surface area (Å²) in [5.41, 5.74) is 0.878. The van der Waals surface area contributed by atoms with Crippen molar-refractivity contribution in [3.8, 4) is 5.88 Å². The quantitative estimate of drug-likeness (QED) is 0.695. The second-order valence-corrected chi connectivity index (χ2v) is 7.17. The third-order valence-corrected chi connectivity index (χ3v) is 5.28. The Balaban J connectivity index is 1.21. The van der Waals surface area contributed by atoms with Gasteiger partial charge in [0.25, 0.3) is 11.8 Å². The number of nitrogens with zero attached hydrogens (tertiary/aromatic N) is 4. The van der Waals surface area contributed by atoms with Crippen LogP contribution in [0, 0.1) is 0 Å². The molecule has 2 aliphatic heterocycles. The van der Waals surface area contributed by atoms with Crippen LogP contribution in [0.25, 0.3) is 0 Å². The molecule has 3 heterocycles. The van der Waals surface area contributed by atoms with Gasteiger partial charge in [0.2, 0.25) is 11.8 Å². The standard InChI is InChI=1S/C21H22N4O4/c26-19(24-13-9-15(10-14-24)29-18-7-3-11-22-23-18)8-4-12-25-20(27)16-5-1-2-6-17(16)21(25)28/h1-3,5-7,11,15H,4,8-10,12-14H2. The van der Waals surface area contributed by atoms with Crippen molar-refractivity contribution in [2.45, 2.75) is 31.8 Å². The Hall–Kier alpha value is -3.29. The van der Waals surface area contributed by atoms with Crippen LogP contribution in [0.5, 0.6) is 5.88 Å². The lowest BCUT2D eigenvalue weighted by Gasteiger charge is -2.32. The fourth-order valence-electron chi connectivity index (χ4n) is 3.73. The summed E-state index contributed by atoms with van der Waals surface area (Å²) in [7, 11) is 0. The van der Waals surface area contributed by atoms with Crippen LogP contribution in [0.15, 0.2) is 42.6 Å². The van der Waals surface area contributed by atoms with Crippen molar-refractivity contribution < 1.29 is 19.1 Å². The second-order valence-electron chi connectivity index (χ2n) is 7.17. The van der Waals surface area contributed by atoms with Gasteiger partial charge in [-0.25, -0.2) is 0 Å². The van der Waals surface area contributed by atoms with Crippen molar-refractivity contribution in [1.82, 2.24) is 20.0 Å². The van der Waals surface area contributed by atoms with Gasteiger partial charge in [0.05, 0.1) is 11.1 Å². The van der Waals surface area contributed by atoms with E-state index in [1.165, 1.54) is 4.90 Å². The number of fused-ring (bicyclic) bond motifs is 1. The maximum atomic E-state index is 12.5. The van der Waals surface area contributed by atoms with E-state index in [1.807, 2.05) is 4.90 Å². The van der Waals surface area contributed by atoms with Gasteiger partial charge in [0.1, 0.15) is 6.10 Å². The molecule has 2 aromatic rings. The molecule has 0 unspecified atom stereocenters. The molecular formula is C21H22N4O4. The zero-order chi connectivity index (χ0) is 20.2. The first-order valence-electron chi connectivity index (χ1n) is 9.81. The monoisotopic (exact) mass is 394 g/mol. The third-order valence-electron chi connectivity index (χ3n) is 5.28. The molecule has 0 aliphatic carbocycles. The molecule has 8 heteroatoms. The summed E-state index contributed by atoms with van der Waals surface area (Å²) < 4.78 is 5.79. The van der Waals surface area contributed by atoms with E-state index < -0.39 is 0 Å². The molecule has 0 atom stereocenters. The Bertz CT molecular complexity index is 875. The second kappa shape index (κ2) is 8.38. The van der Waals surface area contributed by atoms with E-state index in [0.29, 0.717) is 42.9 Å². The highest BCUT2D eigenvalue weighted by Gasteiger charge is 2.34. The molecule has 0 saturated carbocycles. The number of carbonyl (C=O) groups is 3. The molecule has 2 aliphatic rings. The fraction of sp³-hybridized carbons (Fsp3) is 0.381. The van der Waals surface area contributed by atoms with Gasteiger partial charge in [-0.05, 0) is 24.6 Å². The summed E-state index contributed by atoms with van der Waals surface area (Å²) >= 11 is 0. The summed E-state index contributed by atoms with van der Waals surface area (Å²) in [4.78, 5) is 40.3. The number of imide groups is 1. The van der Waals surface area contributed by atoms with Crippen LogP contribution < -0.4 is 4.74 Å². The van der Waals surface area contributed by atoms with Crippen LogP contribution >= 0.6 is 0 Å². The van der Waals surface area contributed by atoms with Crippen LogP contribution in [-0.2, 0) is 4.79 Å². The average Bonchev–Trinajstić information content (AvgIpc) is 3.00. The highest BCUT2D eigenvalue weighted by Crippen LogP contribution is 2.23. The summed E-state index contributed by atoms with van der Waals surface area (Å²) in [6.07, 6.45) is 3.86. The maximum Gasteiger partial charge on any atom is 0.261 e. The summed E-state index contributed by atoms with van der Waals surface area (Å²) in [6.45, 7) is 1.50. The third kappa shape index (κ3) is 4.11. The lowest BCUT2D eigenvalue weighted by Crippen LogP contribution is -2.42. The van der Waals surface area contributed by atoms with Crippen LogP contribution in [0.2, 0.25) is 0 Å². The number of piperidine rings is 1. The number of likely N-dealkylation sites (tertiary alicyclic amines) is 1. The Kier molecular flexibility index (Phi) is 5.50. The van der Waals surface area contributed by atoms with E-state index >= 15 is 0 Å². The molecule has 0 N–H and O–H groups in total. The highest BCUT2D eigenvalue weighted by atomic mass is 16.5. The van der Waals surface area contributed by atoms with Gasteiger partial charge < -0.3 is 9.64 Å². The van der Waals surface area contributed by atoms with Crippen LogP contribution in [0.3, 0.4) is 0 Å². The predicted molar refractivity (Wildman–Crippen MR) is 103 cm³/mol. The zero-order valence-electron chi connectivity index (χ0n) is 16.0. The van der Waals surface area contributed by atoms with E-state index in [0.717, 1.165) is 12.8 Å². The number of rotatable bonds is 6. The number of carbonyl (C=O) groups excluding carboxylic acids is 3. The summed E-state index contributed by atoms with van der Waals surface area (Å²) in [6, 6.07) is 10.4. The van der Waals surface area contributed by atoms with E-state index in [4.69, 9.17) is 4.74 Å². The molecule has 1 aromatic heterocycles. The van der Waals surface area contributed by atoms with E-state index in [2.05, 4.69) is 10.2 Å². The minimum Gasteiger partial charge on any atom is -0.473 e. The van der Waals surface area contributed by atoms with E-state index in [-0.39, 0.29) is 30.4 Å². The first-order valence-corrected chi connectivity index (χ1v) is 9.81. The number of hydrogen-bond acceptors (Lipinski definition) is 6. The molecule has 0 spiro atoms. The zero-order valence-corrected chi connectivity index (χ0v) is 16.0. The molecule has 29 heavy (non-hydrogen) atoms. The number of ether oxygens (including phenoxy) is 1. The first kappa shape index (κ1) is 19.0. The van der Waals surface area contributed by atoms with Gasteiger partial charge in [-0.2, -0.15) is 5.10 Å². The molecule has 1 saturated heterocycles. The van der Waals surface area contributed by atoms with Crippen LogP contribution in [0.4, 0.5) is 0 Å². The van der Waals surface area contributed by atoms with Gasteiger partial charge >= 0.3 is 0 Å². The molecule has 150 valence electrons. The topological polar surface area (TPSA) is 92.7 Å². The lowest BCUT2D eigenvalue weighted by molar-refractivity contribution is -0.133. The minimum atomic E-state index is -0.278. The lowest BCUT2D eigenvalue weighted by atomic mass is 10.1. The smallest absolute Gasteiger partial charge is 0.261 e. The van der Waals surface area contributed by atoms with Gasteiger partial charge in [0, 0.05) is 51.2 Å². The SMILES string of the molecule is O=C(CCCN1C(=O)c2ccccc2C1=O)N1CCC(Oc2cccnn2)CC1. The Morgan fingerprint density at radius 1 is 1.03 bits per heavy atom. The van der Waals surface area contributed by atoms with E-state index in [1.54, 1.807) is 42.6 Å². The maximum absolute atomic E-state index is 12.5. The normalized spacial score (nSPS) is 16.8. The Labute approximate surface area is 168 Å². The van der Waals surface area contributed by atoms with E-state index in [9.17, 15) is 14.4 Å². The number of hydrogen-bond donors (Lipinski definition) is 0. The fourth-order valence-corrected chi connectivity index (χ4v) is 3.73. The Morgan fingerprint density at radius 3 is 2.34 bits per heavy atom. The molecule has 3 amide bonds. The van der Waals surface area contributed by atoms with Crippen LogP contribution in [-0.4, -0.2) is 63.5 Å². The Morgan fingerprint density at radius 2 is 1.72 bits per heavy atom. The molecule has 8 nitrogen and oxygen atoms in total. The molecule has 0 radical (unpaired) electrons. The first-order chi connectivity index (χ1) is 14.1. The predicted octanol–water partition coefficient (Wildman–Crippen LogP) is 1.92. The number of benzene rings is 1. The number of amides is 3. The largest absolute Gasteiger partial charge is 0.473 e.